The maximum Gasteiger partial charge on any atom is 0.240 e. The lowest BCUT2D eigenvalue weighted by Gasteiger charge is -2.07. The number of hydrogen-bond acceptors (Lipinski definition) is 4. The van der Waals surface area contributed by atoms with Crippen LogP contribution in [0, 0.1) is 5.82 Å². The molecular formula is C12H15FN4O2S. The minimum absolute atomic E-state index is 0.0590. The molecule has 0 unspecified atom stereocenters. The Morgan fingerprint density at radius 2 is 2.20 bits per heavy atom. The van der Waals surface area contributed by atoms with E-state index in [-0.39, 0.29) is 17.1 Å². The van der Waals surface area contributed by atoms with Gasteiger partial charge >= 0.3 is 0 Å². The van der Waals surface area contributed by atoms with E-state index in [1.165, 1.54) is 6.07 Å². The van der Waals surface area contributed by atoms with Crippen molar-refractivity contribution in [3.8, 4) is 0 Å². The van der Waals surface area contributed by atoms with Gasteiger partial charge in [-0.05, 0) is 18.2 Å². The number of halogens is 1. The van der Waals surface area contributed by atoms with Crippen LogP contribution in [0.25, 0.3) is 0 Å². The van der Waals surface area contributed by atoms with Crippen molar-refractivity contribution in [2.45, 2.75) is 11.3 Å². The van der Waals surface area contributed by atoms with Gasteiger partial charge in [-0.3, -0.25) is 0 Å². The number of sulfonamides is 1. The summed E-state index contributed by atoms with van der Waals surface area (Å²) >= 11 is 0. The number of nitrogens with one attached hydrogen (secondary N) is 1. The minimum Gasteiger partial charge on any atom is -0.396 e. The first-order valence-electron chi connectivity index (χ1n) is 5.91. The van der Waals surface area contributed by atoms with Crippen molar-refractivity contribution in [3.05, 3.63) is 42.2 Å². The Kier molecular flexibility index (Phi) is 4.05. The molecule has 20 heavy (non-hydrogen) atoms. The molecule has 0 aliphatic rings. The number of nitrogens with zero attached hydrogens (tertiary/aromatic N) is 2. The molecule has 0 radical (unpaired) electrons. The first kappa shape index (κ1) is 14.5. The van der Waals surface area contributed by atoms with Gasteiger partial charge in [0, 0.05) is 32.4 Å². The number of benzene rings is 1. The van der Waals surface area contributed by atoms with Crippen LogP contribution >= 0.6 is 0 Å². The van der Waals surface area contributed by atoms with Crippen LogP contribution in [-0.2, 0) is 23.5 Å². The number of aromatic nitrogens is 2. The number of imidazole rings is 1. The van der Waals surface area contributed by atoms with Crippen LogP contribution in [0.15, 0.2) is 35.5 Å². The van der Waals surface area contributed by atoms with E-state index in [2.05, 4.69) is 9.71 Å². The van der Waals surface area contributed by atoms with E-state index >= 15 is 0 Å². The molecule has 0 amide bonds. The molecule has 6 nitrogen and oxygen atoms in total. The van der Waals surface area contributed by atoms with Gasteiger partial charge in [0.2, 0.25) is 10.0 Å². The molecule has 0 aliphatic heterocycles. The van der Waals surface area contributed by atoms with E-state index in [0.717, 1.165) is 18.0 Å². The number of hydrogen-bond donors (Lipinski definition) is 2. The number of anilines is 1. The van der Waals surface area contributed by atoms with E-state index in [1.54, 1.807) is 12.4 Å². The fraction of sp³-hybridized carbons (Fsp3) is 0.250. The van der Waals surface area contributed by atoms with Gasteiger partial charge in [0.05, 0.1) is 10.6 Å². The molecule has 0 spiro atoms. The van der Waals surface area contributed by atoms with E-state index in [4.69, 9.17) is 5.73 Å². The van der Waals surface area contributed by atoms with Crippen molar-refractivity contribution >= 4 is 15.7 Å². The number of rotatable bonds is 5. The Balaban J connectivity index is 2.04. The van der Waals surface area contributed by atoms with Gasteiger partial charge in [0.15, 0.2) is 0 Å². The summed E-state index contributed by atoms with van der Waals surface area (Å²) in [5.41, 5.74) is 5.17. The molecule has 0 saturated heterocycles. The molecule has 0 atom stereocenters. The summed E-state index contributed by atoms with van der Waals surface area (Å²) in [4.78, 5) is 4.03. The zero-order valence-electron chi connectivity index (χ0n) is 10.9. The monoisotopic (exact) mass is 298 g/mol. The fourth-order valence-electron chi connectivity index (χ4n) is 1.71. The third-order valence-electron chi connectivity index (χ3n) is 2.84. The predicted molar refractivity (Wildman–Crippen MR) is 72.9 cm³/mol. The highest BCUT2D eigenvalue weighted by atomic mass is 32.2. The lowest BCUT2D eigenvalue weighted by atomic mass is 10.3. The van der Waals surface area contributed by atoms with E-state index in [9.17, 15) is 12.8 Å². The van der Waals surface area contributed by atoms with Crippen molar-refractivity contribution in [1.29, 1.82) is 0 Å². The second-order valence-electron chi connectivity index (χ2n) is 4.29. The Bertz CT molecular complexity index is 712. The molecule has 2 aromatic rings. The largest absolute Gasteiger partial charge is 0.396 e. The standard InChI is InChI=1S/C12H15FN4O2S/c1-17-7-6-15-12(17)4-5-16-20(18,19)9-2-3-10(13)11(14)8-9/h2-3,6-8,16H,4-5,14H2,1H3. The number of nitrogens with two attached hydrogens (primary N) is 1. The highest BCUT2D eigenvalue weighted by molar-refractivity contribution is 7.89. The Hall–Kier alpha value is -1.93. The lowest BCUT2D eigenvalue weighted by Crippen LogP contribution is -2.26. The average Bonchev–Trinajstić information content (AvgIpc) is 2.78. The van der Waals surface area contributed by atoms with Crippen molar-refractivity contribution in [1.82, 2.24) is 14.3 Å². The molecule has 2 rings (SSSR count). The highest BCUT2D eigenvalue weighted by Crippen LogP contribution is 2.16. The van der Waals surface area contributed by atoms with Crippen LogP contribution in [0.4, 0.5) is 10.1 Å². The second kappa shape index (κ2) is 5.59. The Morgan fingerprint density at radius 1 is 1.45 bits per heavy atom. The van der Waals surface area contributed by atoms with Crippen LogP contribution in [0.1, 0.15) is 5.82 Å². The molecule has 1 aromatic heterocycles. The zero-order valence-corrected chi connectivity index (χ0v) is 11.7. The molecule has 0 bridgehead atoms. The van der Waals surface area contributed by atoms with Gasteiger partial charge in [0.25, 0.3) is 0 Å². The fourth-order valence-corrected chi connectivity index (χ4v) is 2.77. The van der Waals surface area contributed by atoms with Gasteiger partial charge < -0.3 is 10.3 Å². The minimum atomic E-state index is -3.70. The maximum atomic E-state index is 13.0. The van der Waals surface area contributed by atoms with Crippen molar-refractivity contribution in [2.24, 2.45) is 7.05 Å². The van der Waals surface area contributed by atoms with Crippen LogP contribution < -0.4 is 10.5 Å². The highest BCUT2D eigenvalue weighted by Gasteiger charge is 2.15. The molecule has 1 aromatic carbocycles. The first-order chi connectivity index (χ1) is 9.40. The molecule has 0 fully saturated rings. The average molecular weight is 298 g/mol. The predicted octanol–water partition coefficient (Wildman–Crippen LogP) is 0.662. The van der Waals surface area contributed by atoms with Crippen molar-refractivity contribution in [3.63, 3.8) is 0 Å². The summed E-state index contributed by atoms with van der Waals surface area (Å²) in [6.45, 7) is 0.199. The summed E-state index contributed by atoms with van der Waals surface area (Å²) in [5.74, 6) is 0.128. The summed E-state index contributed by atoms with van der Waals surface area (Å²) in [6, 6.07) is 3.30. The summed E-state index contributed by atoms with van der Waals surface area (Å²) < 4.78 is 41.2. The Labute approximate surface area is 116 Å². The van der Waals surface area contributed by atoms with E-state index in [1.807, 2.05) is 11.6 Å². The lowest BCUT2D eigenvalue weighted by molar-refractivity contribution is 0.579. The normalized spacial score (nSPS) is 11.7. The first-order valence-corrected chi connectivity index (χ1v) is 7.39. The molecular weight excluding hydrogens is 283 g/mol. The van der Waals surface area contributed by atoms with Crippen molar-refractivity contribution < 1.29 is 12.8 Å². The van der Waals surface area contributed by atoms with Crippen molar-refractivity contribution in [2.75, 3.05) is 12.3 Å². The van der Waals surface area contributed by atoms with Gasteiger partial charge in [-0.15, -0.1) is 0 Å². The van der Waals surface area contributed by atoms with Gasteiger partial charge in [-0.1, -0.05) is 0 Å². The number of aryl methyl sites for hydroxylation is 1. The van der Waals surface area contributed by atoms with Crippen LogP contribution in [0.5, 0.6) is 0 Å². The topological polar surface area (TPSA) is 90.0 Å². The smallest absolute Gasteiger partial charge is 0.240 e. The van der Waals surface area contributed by atoms with Gasteiger partial charge in [-0.2, -0.15) is 0 Å². The SMILES string of the molecule is Cn1ccnc1CCNS(=O)(=O)c1ccc(F)c(N)c1. The molecule has 3 N–H and O–H groups in total. The number of nitrogen functional groups attached to an aromatic ring is 1. The second-order valence-corrected chi connectivity index (χ2v) is 6.05. The molecule has 0 saturated carbocycles. The maximum absolute atomic E-state index is 13.0. The summed E-state index contributed by atoms with van der Waals surface area (Å²) in [5, 5.41) is 0. The van der Waals surface area contributed by atoms with Crippen LogP contribution in [0.2, 0.25) is 0 Å². The molecule has 0 aliphatic carbocycles. The van der Waals surface area contributed by atoms with E-state index in [0.29, 0.717) is 6.42 Å². The van der Waals surface area contributed by atoms with Crippen LogP contribution in [0.3, 0.4) is 0 Å². The quantitative estimate of drug-likeness (QED) is 0.794. The molecule has 108 valence electrons. The molecule has 8 heteroatoms. The zero-order chi connectivity index (χ0) is 14.8. The van der Waals surface area contributed by atoms with Gasteiger partial charge in [-0.25, -0.2) is 22.5 Å². The van der Waals surface area contributed by atoms with E-state index < -0.39 is 15.8 Å². The Morgan fingerprint density at radius 3 is 2.80 bits per heavy atom. The molecule has 1 heterocycles. The summed E-state index contributed by atoms with van der Waals surface area (Å²) in [6.07, 6.45) is 3.88. The van der Waals surface area contributed by atoms with Gasteiger partial charge in [0.1, 0.15) is 11.6 Å². The third kappa shape index (κ3) is 3.14. The summed E-state index contributed by atoms with van der Waals surface area (Å²) in [7, 11) is -1.87. The third-order valence-corrected chi connectivity index (χ3v) is 4.30. The van der Waals surface area contributed by atoms with Crippen LogP contribution in [-0.4, -0.2) is 24.5 Å².